The Morgan fingerprint density at radius 2 is 1.95 bits per heavy atom. The molecule has 0 radical (unpaired) electrons. The lowest BCUT2D eigenvalue weighted by Gasteiger charge is -2.23. The summed E-state index contributed by atoms with van der Waals surface area (Å²) in [5.41, 5.74) is 1.09. The van der Waals surface area contributed by atoms with Crippen molar-refractivity contribution in [1.29, 1.82) is 0 Å². The minimum atomic E-state index is -0.163. The monoisotopic (exact) mass is 259 g/mol. The summed E-state index contributed by atoms with van der Waals surface area (Å²) in [7, 11) is 0. The highest BCUT2D eigenvalue weighted by Gasteiger charge is 2.30. The van der Waals surface area contributed by atoms with E-state index in [1.54, 1.807) is 0 Å². The molecule has 0 bridgehead atoms. The van der Waals surface area contributed by atoms with Gasteiger partial charge in [-0.15, -0.1) is 0 Å². The minimum absolute atomic E-state index is 0.163. The highest BCUT2D eigenvalue weighted by molar-refractivity contribution is 5.48. The van der Waals surface area contributed by atoms with Gasteiger partial charge in [0.05, 0.1) is 0 Å². The fourth-order valence-electron chi connectivity index (χ4n) is 2.97. The van der Waals surface area contributed by atoms with Crippen molar-refractivity contribution < 1.29 is 4.39 Å². The third-order valence-electron chi connectivity index (χ3n) is 4.28. The maximum atomic E-state index is 12.8. The van der Waals surface area contributed by atoms with Gasteiger partial charge in [0.2, 0.25) is 0 Å². The van der Waals surface area contributed by atoms with Gasteiger partial charge in [-0.2, -0.15) is 0 Å². The number of likely N-dealkylation sites (tertiary alicyclic amines) is 1. The summed E-state index contributed by atoms with van der Waals surface area (Å²) in [4.78, 5) is 2.67. The Balaban J connectivity index is 1.51. The minimum Gasteiger partial charge on any atom is -0.300 e. The van der Waals surface area contributed by atoms with Crippen LogP contribution in [0.4, 0.5) is 4.39 Å². The molecule has 0 spiro atoms. The lowest BCUT2D eigenvalue weighted by atomic mass is 10.1. The predicted octanol–water partition coefficient (Wildman–Crippen LogP) is 4.10. The van der Waals surface area contributed by atoms with Crippen LogP contribution in [0.2, 0.25) is 0 Å². The fourth-order valence-corrected chi connectivity index (χ4v) is 2.97. The molecule has 1 saturated heterocycles. The number of hydrogen-bond acceptors (Lipinski definition) is 1. The quantitative estimate of drug-likeness (QED) is 0.769. The van der Waals surface area contributed by atoms with Gasteiger partial charge in [-0.05, 0) is 62.3 Å². The Morgan fingerprint density at radius 3 is 2.68 bits per heavy atom. The molecule has 1 nitrogen and oxygen atoms in total. The summed E-state index contributed by atoms with van der Waals surface area (Å²) in [6.07, 6.45) is 11.1. The van der Waals surface area contributed by atoms with E-state index >= 15 is 0 Å². The Kier molecular flexibility index (Phi) is 3.97. The zero-order valence-electron chi connectivity index (χ0n) is 11.4. The van der Waals surface area contributed by atoms with E-state index in [9.17, 15) is 4.39 Å². The molecule has 0 aromatic heterocycles. The van der Waals surface area contributed by atoms with Crippen LogP contribution >= 0.6 is 0 Å². The third-order valence-corrected chi connectivity index (χ3v) is 4.28. The second-order valence-electron chi connectivity index (χ2n) is 5.92. The maximum Gasteiger partial charge on any atom is 0.123 e. The standard InChI is InChI=1S/C17H22FN/c18-16-10-8-14(9-11-16)3-1-4-17-5-2-12-19(17)13-15-6-7-15/h1,3,8-11,15,17H,2,4-7,12-13H2/b3-1+. The lowest BCUT2D eigenvalue weighted by molar-refractivity contribution is 0.245. The van der Waals surface area contributed by atoms with Crippen molar-refractivity contribution in [3.8, 4) is 0 Å². The molecule has 2 aliphatic rings. The molecule has 1 heterocycles. The SMILES string of the molecule is Fc1ccc(/C=C/CC2CCCN2CC2CC2)cc1. The van der Waals surface area contributed by atoms with Crippen molar-refractivity contribution in [3.05, 3.63) is 41.7 Å². The van der Waals surface area contributed by atoms with Crippen molar-refractivity contribution >= 4 is 6.08 Å². The van der Waals surface area contributed by atoms with Crippen LogP contribution in [0.5, 0.6) is 0 Å². The summed E-state index contributed by atoms with van der Waals surface area (Å²) < 4.78 is 12.8. The van der Waals surface area contributed by atoms with Gasteiger partial charge in [0, 0.05) is 12.6 Å². The van der Waals surface area contributed by atoms with Crippen LogP contribution in [-0.2, 0) is 0 Å². The first-order valence-corrected chi connectivity index (χ1v) is 7.47. The van der Waals surface area contributed by atoms with Crippen LogP contribution in [0.25, 0.3) is 6.08 Å². The van der Waals surface area contributed by atoms with E-state index in [0.29, 0.717) is 0 Å². The van der Waals surface area contributed by atoms with E-state index in [2.05, 4.69) is 17.1 Å². The Morgan fingerprint density at radius 1 is 1.16 bits per heavy atom. The molecule has 1 aromatic rings. The summed E-state index contributed by atoms with van der Waals surface area (Å²) in [6, 6.07) is 7.45. The molecule has 1 unspecified atom stereocenters. The first kappa shape index (κ1) is 12.9. The molecule has 1 saturated carbocycles. The van der Waals surface area contributed by atoms with Crippen LogP contribution in [-0.4, -0.2) is 24.0 Å². The number of benzene rings is 1. The second kappa shape index (κ2) is 5.87. The molecule has 1 aliphatic heterocycles. The smallest absolute Gasteiger partial charge is 0.123 e. The van der Waals surface area contributed by atoms with Gasteiger partial charge in [0.25, 0.3) is 0 Å². The normalized spacial score (nSPS) is 24.4. The molecule has 1 aliphatic carbocycles. The summed E-state index contributed by atoms with van der Waals surface area (Å²) in [5.74, 6) is 0.824. The number of nitrogens with zero attached hydrogens (tertiary/aromatic N) is 1. The van der Waals surface area contributed by atoms with E-state index < -0.39 is 0 Å². The topological polar surface area (TPSA) is 3.24 Å². The first-order chi connectivity index (χ1) is 9.31. The van der Waals surface area contributed by atoms with E-state index in [0.717, 1.165) is 23.9 Å². The Bertz CT molecular complexity index is 433. The van der Waals surface area contributed by atoms with Gasteiger partial charge in [-0.1, -0.05) is 24.3 Å². The van der Waals surface area contributed by atoms with Crippen molar-refractivity contribution in [2.45, 2.75) is 38.1 Å². The van der Waals surface area contributed by atoms with Crippen LogP contribution in [0.15, 0.2) is 30.3 Å². The molecule has 1 atom stereocenters. The molecular formula is C17H22FN. The molecule has 2 heteroatoms. The van der Waals surface area contributed by atoms with Gasteiger partial charge in [0.1, 0.15) is 5.82 Å². The van der Waals surface area contributed by atoms with Gasteiger partial charge in [-0.25, -0.2) is 4.39 Å². The number of hydrogen-bond donors (Lipinski definition) is 0. The molecule has 19 heavy (non-hydrogen) atoms. The van der Waals surface area contributed by atoms with Gasteiger partial charge < -0.3 is 0 Å². The number of rotatable bonds is 5. The maximum absolute atomic E-state index is 12.8. The van der Waals surface area contributed by atoms with Crippen LogP contribution in [0.1, 0.15) is 37.7 Å². The highest BCUT2D eigenvalue weighted by Crippen LogP contribution is 2.33. The van der Waals surface area contributed by atoms with Crippen LogP contribution < -0.4 is 0 Å². The Hall–Kier alpha value is -1.15. The van der Waals surface area contributed by atoms with Crippen LogP contribution in [0.3, 0.4) is 0 Å². The first-order valence-electron chi connectivity index (χ1n) is 7.47. The average Bonchev–Trinajstić information content (AvgIpc) is 3.12. The molecule has 0 amide bonds. The fraction of sp³-hybridized carbons (Fsp3) is 0.529. The summed E-state index contributed by atoms with van der Waals surface area (Å²) in [6.45, 7) is 2.60. The second-order valence-corrected chi connectivity index (χ2v) is 5.92. The zero-order valence-corrected chi connectivity index (χ0v) is 11.4. The molecule has 2 fully saturated rings. The number of halogens is 1. The zero-order chi connectivity index (χ0) is 13.1. The third kappa shape index (κ3) is 3.66. The summed E-state index contributed by atoms with van der Waals surface area (Å²) in [5, 5.41) is 0. The summed E-state index contributed by atoms with van der Waals surface area (Å²) >= 11 is 0. The molecule has 3 rings (SSSR count). The van der Waals surface area contributed by atoms with Gasteiger partial charge in [0.15, 0.2) is 0 Å². The highest BCUT2D eigenvalue weighted by atomic mass is 19.1. The van der Waals surface area contributed by atoms with Crippen molar-refractivity contribution in [2.24, 2.45) is 5.92 Å². The van der Waals surface area contributed by atoms with Crippen LogP contribution in [0, 0.1) is 11.7 Å². The van der Waals surface area contributed by atoms with Crippen molar-refractivity contribution in [3.63, 3.8) is 0 Å². The molecule has 102 valence electrons. The lowest BCUT2D eigenvalue weighted by Crippen LogP contribution is -2.30. The molecule has 1 aromatic carbocycles. The predicted molar refractivity (Wildman–Crippen MR) is 77.4 cm³/mol. The van der Waals surface area contributed by atoms with E-state index in [-0.39, 0.29) is 5.82 Å². The van der Waals surface area contributed by atoms with Crippen molar-refractivity contribution in [2.75, 3.05) is 13.1 Å². The van der Waals surface area contributed by atoms with E-state index in [4.69, 9.17) is 0 Å². The molecular weight excluding hydrogens is 237 g/mol. The van der Waals surface area contributed by atoms with Gasteiger partial charge in [-0.3, -0.25) is 4.90 Å². The van der Waals surface area contributed by atoms with Crippen molar-refractivity contribution in [1.82, 2.24) is 4.90 Å². The van der Waals surface area contributed by atoms with Gasteiger partial charge >= 0.3 is 0 Å². The van der Waals surface area contributed by atoms with E-state index in [1.807, 2.05) is 12.1 Å². The Labute approximate surface area is 115 Å². The molecule has 0 N–H and O–H groups in total. The average molecular weight is 259 g/mol. The largest absolute Gasteiger partial charge is 0.300 e. The van der Waals surface area contributed by atoms with E-state index in [1.165, 1.54) is 50.9 Å².